The molecule has 1 aliphatic rings. The van der Waals surface area contributed by atoms with Crippen LogP contribution in [0.3, 0.4) is 0 Å². The molecule has 4 rings (SSSR count). The Morgan fingerprint density at radius 1 is 1.00 bits per heavy atom. The molecular weight excluding hydrogens is 452 g/mol. The molecule has 0 radical (unpaired) electrons. The molecule has 1 aromatic heterocycles. The molecular formula is C25H30N2O6Si. The van der Waals surface area contributed by atoms with Gasteiger partial charge in [0.2, 0.25) is 0 Å². The minimum atomic E-state index is -1.53. The lowest BCUT2D eigenvalue weighted by Crippen LogP contribution is -2.47. The summed E-state index contributed by atoms with van der Waals surface area (Å²) in [6.45, 7) is 7.73. The number of hydrogen-bond donors (Lipinski definition) is 2. The third-order valence-electron chi connectivity index (χ3n) is 6.08. The number of benzene rings is 2. The zero-order valence-corrected chi connectivity index (χ0v) is 21.3. The van der Waals surface area contributed by atoms with Crippen molar-refractivity contribution in [2.45, 2.75) is 26.1 Å². The average molecular weight is 483 g/mol. The number of ether oxygens (including phenoxy) is 4. The van der Waals surface area contributed by atoms with Gasteiger partial charge in [0.1, 0.15) is 28.7 Å². The van der Waals surface area contributed by atoms with Gasteiger partial charge in [-0.05, 0) is 41.9 Å². The van der Waals surface area contributed by atoms with Crippen molar-refractivity contribution >= 4 is 30.5 Å². The number of furan rings is 1. The predicted octanol–water partition coefficient (Wildman–Crippen LogP) is 5.00. The van der Waals surface area contributed by atoms with Crippen LogP contribution in [0, 0.1) is 6.92 Å². The summed E-state index contributed by atoms with van der Waals surface area (Å²) < 4.78 is 27.8. The normalized spacial score (nSPS) is 13.9. The van der Waals surface area contributed by atoms with E-state index < -0.39 is 14.0 Å². The van der Waals surface area contributed by atoms with E-state index in [1.807, 2.05) is 6.92 Å². The van der Waals surface area contributed by atoms with Crippen molar-refractivity contribution in [3.63, 3.8) is 0 Å². The smallest absolute Gasteiger partial charge is 0.291 e. The van der Waals surface area contributed by atoms with Gasteiger partial charge in [-0.3, -0.25) is 4.79 Å². The first-order valence-corrected chi connectivity index (χ1v) is 14.2. The number of fused-ring (bicyclic) bond motifs is 1. The Labute approximate surface area is 200 Å². The van der Waals surface area contributed by atoms with Crippen LogP contribution in [0.25, 0.3) is 0 Å². The van der Waals surface area contributed by atoms with Gasteiger partial charge in [0.15, 0.2) is 5.76 Å². The van der Waals surface area contributed by atoms with Crippen molar-refractivity contribution in [3.05, 3.63) is 47.7 Å². The van der Waals surface area contributed by atoms with Gasteiger partial charge in [0.25, 0.3) is 11.9 Å². The number of methoxy groups -OCH3 is 3. The van der Waals surface area contributed by atoms with Crippen LogP contribution >= 0.6 is 0 Å². The van der Waals surface area contributed by atoms with Crippen LogP contribution in [-0.2, 0) is 0 Å². The Morgan fingerprint density at radius 2 is 1.71 bits per heavy atom. The van der Waals surface area contributed by atoms with E-state index in [0.717, 1.165) is 17.9 Å². The Bertz CT molecular complexity index is 1200. The van der Waals surface area contributed by atoms with Crippen molar-refractivity contribution in [1.82, 2.24) is 0 Å². The number of carbonyl (C=O) groups is 1. The number of amides is 1. The molecule has 0 unspecified atom stereocenters. The fraction of sp³-hybridized carbons (Fsp3) is 0.320. The molecule has 0 saturated heterocycles. The molecule has 0 saturated carbocycles. The van der Waals surface area contributed by atoms with Crippen molar-refractivity contribution in [2.75, 3.05) is 38.5 Å². The van der Waals surface area contributed by atoms with Crippen LogP contribution in [0.1, 0.15) is 16.1 Å². The van der Waals surface area contributed by atoms with E-state index >= 15 is 0 Å². The van der Waals surface area contributed by atoms with Gasteiger partial charge in [0.05, 0.1) is 29.4 Å². The molecule has 0 fully saturated rings. The molecule has 34 heavy (non-hydrogen) atoms. The first-order valence-electron chi connectivity index (χ1n) is 11.0. The third kappa shape index (κ3) is 4.56. The Balaban J connectivity index is 1.56. The summed E-state index contributed by atoms with van der Waals surface area (Å²) >= 11 is 0. The van der Waals surface area contributed by atoms with Gasteiger partial charge in [-0.25, -0.2) is 0 Å². The summed E-state index contributed by atoms with van der Waals surface area (Å²) in [5.74, 6) is 1.95. The first-order chi connectivity index (χ1) is 16.2. The topological polar surface area (TPSA) is 91.2 Å². The number of carbonyl (C=O) groups excluding carboxylic acids is 1. The lowest BCUT2D eigenvalue weighted by molar-refractivity contribution is 0.0991. The van der Waals surface area contributed by atoms with Gasteiger partial charge < -0.3 is 34.0 Å². The fourth-order valence-corrected chi connectivity index (χ4v) is 6.49. The molecule has 0 bridgehead atoms. The molecule has 1 aliphatic heterocycles. The molecule has 0 atom stereocenters. The van der Waals surface area contributed by atoms with Crippen LogP contribution in [0.15, 0.2) is 40.8 Å². The van der Waals surface area contributed by atoms with E-state index in [2.05, 4.69) is 35.9 Å². The second kappa shape index (κ2) is 9.34. The number of nitrogens with one attached hydrogen (secondary N) is 2. The molecule has 0 spiro atoms. The van der Waals surface area contributed by atoms with E-state index in [0.29, 0.717) is 22.9 Å². The largest absolute Gasteiger partial charge is 0.496 e. The molecule has 2 heterocycles. The maximum absolute atomic E-state index is 12.9. The molecule has 2 aromatic carbocycles. The highest BCUT2D eigenvalue weighted by atomic mass is 28.3. The highest BCUT2D eigenvalue weighted by Crippen LogP contribution is 2.39. The number of rotatable bonds is 7. The minimum Gasteiger partial charge on any atom is -0.496 e. The molecule has 1 amide bonds. The number of hydrogen-bond acceptors (Lipinski definition) is 7. The second-order valence-corrected chi connectivity index (χ2v) is 13.6. The highest BCUT2D eigenvalue weighted by molar-refractivity contribution is 6.91. The molecule has 8 nitrogen and oxygen atoms in total. The van der Waals surface area contributed by atoms with Crippen LogP contribution in [0.5, 0.6) is 28.9 Å². The first kappa shape index (κ1) is 23.6. The fourth-order valence-electron chi connectivity index (χ4n) is 4.06. The standard InChI is InChI=1S/C25H30N2O6Si/c1-15-11-17-22(34(5,6)10-9-26-17)14-19(15)33-23-8-7-18(32-23)25(28)27-24-20(30-3)12-16(29-2)13-21(24)31-4/h7-8,11-14,26H,9-10H2,1-6H3,(H,27,28). The van der Waals surface area contributed by atoms with Crippen molar-refractivity contribution in [3.8, 4) is 28.9 Å². The number of anilines is 2. The molecule has 180 valence electrons. The molecule has 9 heteroatoms. The monoisotopic (exact) mass is 482 g/mol. The Kier molecular flexibility index (Phi) is 6.47. The SMILES string of the molecule is COc1cc(OC)c(NC(=O)c2ccc(Oc3cc4c(cc3C)NCC[Si]4(C)C)o2)c(OC)c1. The zero-order valence-electron chi connectivity index (χ0n) is 20.3. The van der Waals surface area contributed by atoms with E-state index in [-0.39, 0.29) is 11.7 Å². The van der Waals surface area contributed by atoms with Crippen LogP contribution in [-0.4, -0.2) is 41.9 Å². The van der Waals surface area contributed by atoms with Gasteiger partial charge in [-0.15, -0.1) is 0 Å². The van der Waals surface area contributed by atoms with Gasteiger partial charge in [-0.1, -0.05) is 13.1 Å². The van der Waals surface area contributed by atoms with Crippen LogP contribution in [0.2, 0.25) is 19.1 Å². The van der Waals surface area contributed by atoms with Gasteiger partial charge >= 0.3 is 0 Å². The quantitative estimate of drug-likeness (QED) is 0.458. The highest BCUT2D eigenvalue weighted by Gasteiger charge is 2.30. The maximum Gasteiger partial charge on any atom is 0.291 e. The van der Waals surface area contributed by atoms with Crippen LogP contribution < -0.4 is 34.8 Å². The second-order valence-electron chi connectivity index (χ2n) is 8.81. The van der Waals surface area contributed by atoms with E-state index in [4.69, 9.17) is 23.4 Å². The summed E-state index contributed by atoms with van der Waals surface area (Å²) in [5, 5.41) is 7.62. The average Bonchev–Trinajstić information content (AvgIpc) is 3.28. The Morgan fingerprint density at radius 3 is 2.35 bits per heavy atom. The number of aryl methyl sites for hydroxylation is 1. The summed E-state index contributed by atoms with van der Waals surface area (Å²) in [7, 11) is 3.02. The molecule has 3 aromatic rings. The van der Waals surface area contributed by atoms with Crippen molar-refractivity contribution < 1.29 is 28.2 Å². The lowest BCUT2D eigenvalue weighted by atomic mass is 10.2. The van der Waals surface area contributed by atoms with Gasteiger partial charge in [0, 0.05) is 30.4 Å². The van der Waals surface area contributed by atoms with E-state index in [1.54, 1.807) is 31.4 Å². The molecule has 2 N–H and O–H groups in total. The van der Waals surface area contributed by atoms with E-state index in [9.17, 15) is 4.79 Å². The summed E-state index contributed by atoms with van der Waals surface area (Å²) in [6, 6.07) is 11.9. The zero-order chi connectivity index (χ0) is 24.5. The summed E-state index contributed by atoms with van der Waals surface area (Å²) in [4.78, 5) is 12.9. The van der Waals surface area contributed by atoms with Crippen molar-refractivity contribution in [2.24, 2.45) is 0 Å². The van der Waals surface area contributed by atoms with Crippen LogP contribution in [0.4, 0.5) is 11.4 Å². The summed E-state index contributed by atoms with van der Waals surface area (Å²) in [6.07, 6.45) is 0. The van der Waals surface area contributed by atoms with Crippen molar-refractivity contribution in [1.29, 1.82) is 0 Å². The Hall–Kier alpha value is -3.59. The third-order valence-corrected chi connectivity index (χ3v) is 9.45. The van der Waals surface area contributed by atoms with Gasteiger partial charge in [-0.2, -0.15) is 0 Å². The minimum absolute atomic E-state index is 0.0990. The lowest BCUT2D eigenvalue weighted by Gasteiger charge is -2.32. The van der Waals surface area contributed by atoms with E-state index in [1.165, 1.54) is 31.1 Å². The predicted molar refractivity (Wildman–Crippen MR) is 134 cm³/mol. The maximum atomic E-state index is 12.9. The molecule has 0 aliphatic carbocycles. The summed E-state index contributed by atoms with van der Waals surface area (Å²) in [5.41, 5.74) is 2.56.